The summed E-state index contributed by atoms with van der Waals surface area (Å²) in [4.78, 5) is 3.88. The number of nitrogens with one attached hydrogen (secondary N) is 1. The molecule has 17 heavy (non-hydrogen) atoms. The first-order chi connectivity index (χ1) is 8.31. The van der Waals surface area contributed by atoms with Gasteiger partial charge in [-0.05, 0) is 50.3 Å². The third kappa shape index (κ3) is 3.68. The Labute approximate surface area is 113 Å². The lowest BCUT2D eigenvalue weighted by atomic mass is 10.1. The van der Waals surface area contributed by atoms with Crippen LogP contribution in [-0.2, 0) is 6.54 Å². The van der Waals surface area contributed by atoms with E-state index in [-0.39, 0.29) is 0 Å². The van der Waals surface area contributed by atoms with Crippen molar-refractivity contribution in [1.82, 2.24) is 10.2 Å². The maximum Gasteiger partial charge on any atom is 0.0558 e. The van der Waals surface area contributed by atoms with Gasteiger partial charge in [0.15, 0.2) is 0 Å². The molecule has 0 saturated carbocycles. The van der Waals surface area contributed by atoms with Crippen LogP contribution in [0.15, 0.2) is 11.4 Å². The number of halogens is 1. The molecule has 0 aliphatic carbocycles. The van der Waals surface area contributed by atoms with E-state index in [9.17, 15) is 0 Å². The van der Waals surface area contributed by atoms with Gasteiger partial charge in [0.1, 0.15) is 0 Å². The van der Waals surface area contributed by atoms with Gasteiger partial charge in [-0.25, -0.2) is 0 Å². The number of nitrogens with zero attached hydrogens (tertiary/aromatic N) is 1. The third-order valence-corrected chi connectivity index (χ3v) is 4.88. The van der Waals surface area contributed by atoms with E-state index in [2.05, 4.69) is 22.5 Å². The van der Waals surface area contributed by atoms with Gasteiger partial charge in [-0.2, -0.15) is 0 Å². The van der Waals surface area contributed by atoms with E-state index in [4.69, 9.17) is 11.6 Å². The highest BCUT2D eigenvalue weighted by molar-refractivity contribution is 7.10. The largest absolute Gasteiger partial charge is 0.317 e. The third-order valence-electron chi connectivity index (χ3n) is 3.51. The molecule has 1 aliphatic heterocycles. The summed E-state index contributed by atoms with van der Waals surface area (Å²) in [6.07, 6.45) is 3.86. The van der Waals surface area contributed by atoms with E-state index in [0.717, 1.165) is 24.7 Å². The fourth-order valence-electron chi connectivity index (χ4n) is 2.49. The smallest absolute Gasteiger partial charge is 0.0558 e. The van der Waals surface area contributed by atoms with Crippen molar-refractivity contribution in [2.45, 2.75) is 38.8 Å². The molecule has 2 heterocycles. The van der Waals surface area contributed by atoms with Crippen molar-refractivity contribution in [2.24, 2.45) is 0 Å². The fraction of sp³-hybridized carbons (Fsp3) is 0.692. The van der Waals surface area contributed by atoms with Gasteiger partial charge in [0, 0.05) is 17.5 Å². The lowest BCUT2D eigenvalue weighted by Crippen LogP contribution is -2.35. The fourth-order valence-corrected chi connectivity index (χ4v) is 3.61. The van der Waals surface area contributed by atoms with Crippen molar-refractivity contribution < 1.29 is 0 Å². The standard InChI is InChI=1S/C13H21ClN2S/c1-2-16(10-13-12(14)6-9-17-13)11-4-3-7-15-8-5-11/h6,9,11,15H,2-5,7-8,10H2,1H3. The zero-order valence-corrected chi connectivity index (χ0v) is 12.0. The van der Waals surface area contributed by atoms with Crippen LogP contribution < -0.4 is 5.32 Å². The summed E-state index contributed by atoms with van der Waals surface area (Å²) >= 11 is 7.96. The minimum atomic E-state index is 0.716. The normalized spacial score (nSPS) is 21.7. The Morgan fingerprint density at radius 1 is 1.47 bits per heavy atom. The van der Waals surface area contributed by atoms with Gasteiger partial charge in [0.05, 0.1) is 5.02 Å². The van der Waals surface area contributed by atoms with Gasteiger partial charge < -0.3 is 5.32 Å². The van der Waals surface area contributed by atoms with E-state index >= 15 is 0 Å². The lowest BCUT2D eigenvalue weighted by Gasteiger charge is -2.29. The highest BCUT2D eigenvalue weighted by Crippen LogP contribution is 2.25. The Hall–Kier alpha value is -0.0900. The molecule has 0 spiro atoms. The second kappa shape index (κ2) is 6.74. The lowest BCUT2D eigenvalue weighted by molar-refractivity contribution is 0.184. The van der Waals surface area contributed by atoms with Gasteiger partial charge in [0.25, 0.3) is 0 Å². The molecule has 1 unspecified atom stereocenters. The minimum Gasteiger partial charge on any atom is -0.317 e. The van der Waals surface area contributed by atoms with E-state index in [0.29, 0.717) is 6.04 Å². The first kappa shape index (κ1) is 13.3. The molecule has 1 atom stereocenters. The molecule has 0 bridgehead atoms. The van der Waals surface area contributed by atoms with Crippen LogP contribution in [-0.4, -0.2) is 30.6 Å². The highest BCUT2D eigenvalue weighted by atomic mass is 35.5. The first-order valence-corrected chi connectivity index (χ1v) is 7.73. The van der Waals surface area contributed by atoms with Crippen molar-refractivity contribution >= 4 is 22.9 Å². The van der Waals surface area contributed by atoms with E-state index in [1.165, 1.54) is 30.7 Å². The molecule has 1 fully saturated rings. The Kier molecular flexibility index (Phi) is 5.29. The maximum absolute atomic E-state index is 6.18. The van der Waals surface area contributed by atoms with Crippen molar-refractivity contribution in [3.63, 3.8) is 0 Å². The molecule has 1 N–H and O–H groups in total. The van der Waals surface area contributed by atoms with Crippen LogP contribution in [0, 0.1) is 0 Å². The minimum absolute atomic E-state index is 0.716. The summed E-state index contributed by atoms with van der Waals surface area (Å²) in [5.74, 6) is 0. The summed E-state index contributed by atoms with van der Waals surface area (Å²) in [5.41, 5.74) is 0. The van der Waals surface area contributed by atoms with Crippen molar-refractivity contribution in [2.75, 3.05) is 19.6 Å². The highest BCUT2D eigenvalue weighted by Gasteiger charge is 2.19. The van der Waals surface area contributed by atoms with Crippen LogP contribution in [0.25, 0.3) is 0 Å². The molecule has 1 aromatic rings. The zero-order valence-electron chi connectivity index (χ0n) is 10.4. The first-order valence-electron chi connectivity index (χ1n) is 6.48. The molecule has 0 radical (unpaired) electrons. The van der Waals surface area contributed by atoms with Crippen LogP contribution >= 0.6 is 22.9 Å². The number of thiophene rings is 1. The molecule has 1 aromatic heterocycles. The van der Waals surface area contributed by atoms with Crippen molar-refractivity contribution in [3.8, 4) is 0 Å². The number of rotatable bonds is 4. The van der Waals surface area contributed by atoms with Crippen LogP contribution in [0.5, 0.6) is 0 Å². The number of hydrogen-bond acceptors (Lipinski definition) is 3. The molecular formula is C13H21ClN2S. The summed E-state index contributed by atoms with van der Waals surface area (Å²) in [5, 5.41) is 6.49. The van der Waals surface area contributed by atoms with Gasteiger partial charge in [-0.1, -0.05) is 18.5 Å². The van der Waals surface area contributed by atoms with Gasteiger partial charge in [-0.15, -0.1) is 11.3 Å². The van der Waals surface area contributed by atoms with Crippen molar-refractivity contribution in [3.05, 3.63) is 21.3 Å². The summed E-state index contributed by atoms with van der Waals surface area (Å²) in [6.45, 7) is 6.70. The van der Waals surface area contributed by atoms with Crippen LogP contribution in [0.3, 0.4) is 0 Å². The quantitative estimate of drug-likeness (QED) is 0.904. The van der Waals surface area contributed by atoms with Crippen LogP contribution in [0.4, 0.5) is 0 Å². The van der Waals surface area contributed by atoms with Crippen LogP contribution in [0.1, 0.15) is 31.1 Å². The second-order valence-electron chi connectivity index (χ2n) is 4.59. The average molecular weight is 273 g/mol. The molecule has 96 valence electrons. The predicted octanol–water partition coefficient (Wildman–Crippen LogP) is 3.37. The monoisotopic (exact) mass is 272 g/mol. The average Bonchev–Trinajstić information content (AvgIpc) is 2.58. The van der Waals surface area contributed by atoms with E-state index < -0.39 is 0 Å². The van der Waals surface area contributed by atoms with Gasteiger partial charge in [-0.3, -0.25) is 4.90 Å². The van der Waals surface area contributed by atoms with E-state index in [1.807, 2.05) is 6.07 Å². The molecule has 1 aliphatic rings. The molecule has 1 saturated heterocycles. The predicted molar refractivity (Wildman–Crippen MR) is 75.9 cm³/mol. The molecule has 2 rings (SSSR count). The Morgan fingerprint density at radius 3 is 3.06 bits per heavy atom. The van der Waals surface area contributed by atoms with Crippen LogP contribution in [0.2, 0.25) is 5.02 Å². The number of hydrogen-bond donors (Lipinski definition) is 1. The summed E-state index contributed by atoms with van der Waals surface area (Å²) < 4.78 is 0. The topological polar surface area (TPSA) is 15.3 Å². The van der Waals surface area contributed by atoms with E-state index in [1.54, 1.807) is 11.3 Å². The summed E-state index contributed by atoms with van der Waals surface area (Å²) in [6, 6.07) is 2.72. The van der Waals surface area contributed by atoms with Crippen molar-refractivity contribution in [1.29, 1.82) is 0 Å². The second-order valence-corrected chi connectivity index (χ2v) is 6.00. The molecular weight excluding hydrogens is 252 g/mol. The Morgan fingerprint density at radius 2 is 2.35 bits per heavy atom. The molecule has 0 aromatic carbocycles. The SMILES string of the molecule is CCN(Cc1sccc1Cl)C1CCCNCC1. The van der Waals surface area contributed by atoms with Gasteiger partial charge >= 0.3 is 0 Å². The zero-order chi connectivity index (χ0) is 12.1. The van der Waals surface area contributed by atoms with Gasteiger partial charge in [0.2, 0.25) is 0 Å². The Bertz CT molecular complexity index is 332. The molecule has 0 amide bonds. The Balaban J connectivity index is 1.97. The molecule has 4 heteroatoms. The summed E-state index contributed by atoms with van der Waals surface area (Å²) in [7, 11) is 0. The maximum atomic E-state index is 6.18. The molecule has 2 nitrogen and oxygen atoms in total.